The molecule has 4 heteroatoms. The quantitative estimate of drug-likeness (QED) is 0.223. The van der Waals surface area contributed by atoms with Gasteiger partial charge in [0.05, 0.1) is 22.1 Å². The largest absolute Gasteiger partial charge is 0.437 e. The summed E-state index contributed by atoms with van der Waals surface area (Å²) in [4.78, 5) is 10.2. The van der Waals surface area contributed by atoms with Gasteiger partial charge in [0.1, 0.15) is 11.5 Å². The molecule has 0 atom stereocenters. The molecule has 6 aromatic rings. The van der Waals surface area contributed by atoms with Gasteiger partial charge in [0, 0.05) is 22.3 Å². The molecule has 2 aliphatic heterocycles. The normalized spacial score (nSPS) is 13.2. The van der Waals surface area contributed by atoms with Crippen LogP contribution in [0.1, 0.15) is 22.3 Å². The third kappa shape index (κ3) is 4.00. The summed E-state index contributed by atoms with van der Waals surface area (Å²) in [6.45, 7) is 4.16. The van der Waals surface area contributed by atoms with Gasteiger partial charge in [0.25, 0.3) is 0 Å². The summed E-state index contributed by atoms with van der Waals surface area (Å²) in [5.41, 5.74) is 9.92. The summed E-state index contributed by atoms with van der Waals surface area (Å²) in [6.07, 6.45) is 0. The Labute approximate surface area is 244 Å². The van der Waals surface area contributed by atoms with Crippen LogP contribution in [0.5, 0.6) is 11.5 Å². The first-order valence-corrected chi connectivity index (χ1v) is 14.1. The Morgan fingerprint density at radius 1 is 0.429 bits per heavy atom. The number of aryl methyl sites for hydroxylation is 2. The van der Waals surface area contributed by atoms with E-state index in [0.29, 0.717) is 11.8 Å². The smallest absolute Gasteiger partial charge is 0.227 e. The lowest BCUT2D eigenvalue weighted by molar-refractivity contribution is 0.549. The van der Waals surface area contributed by atoms with Crippen LogP contribution in [0.4, 0.5) is 11.4 Å². The number of hydrogen-bond acceptors (Lipinski definition) is 4. The highest BCUT2D eigenvalue weighted by Crippen LogP contribution is 2.55. The predicted octanol–water partition coefficient (Wildman–Crippen LogP) is 9.73. The minimum absolute atomic E-state index is 0.572. The maximum absolute atomic E-state index is 6.71. The molecule has 0 aliphatic carbocycles. The van der Waals surface area contributed by atoms with Gasteiger partial charge in [-0.25, -0.2) is 9.98 Å². The molecule has 6 aromatic carbocycles. The van der Waals surface area contributed by atoms with Crippen molar-refractivity contribution >= 4 is 33.9 Å². The first-order valence-electron chi connectivity index (χ1n) is 14.1. The molecule has 0 bridgehead atoms. The molecule has 0 spiro atoms. The van der Waals surface area contributed by atoms with Crippen LogP contribution in [0.15, 0.2) is 131 Å². The van der Waals surface area contributed by atoms with Gasteiger partial charge in [-0.1, -0.05) is 96.1 Å². The fourth-order valence-corrected chi connectivity index (χ4v) is 5.68. The summed E-state index contributed by atoms with van der Waals surface area (Å²) in [7, 11) is 0. The molecule has 0 fully saturated rings. The fourth-order valence-electron chi connectivity index (χ4n) is 5.68. The lowest BCUT2D eigenvalue weighted by Gasteiger charge is -2.27. The topological polar surface area (TPSA) is 43.2 Å². The SMILES string of the molecule is Cc1ccc(C2=Nc3cc(-c4ccccc4)c4c5c(cc(-c6ccccc6)c(c35)O2)N=C(c2ccc(C)cc2)O4)cc1. The predicted molar refractivity (Wildman–Crippen MR) is 171 cm³/mol. The minimum atomic E-state index is 0.572. The van der Waals surface area contributed by atoms with Crippen LogP contribution in [-0.2, 0) is 0 Å². The van der Waals surface area contributed by atoms with Crippen molar-refractivity contribution in [2.24, 2.45) is 9.98 Å². The van der Waals surface area contributed by atoms with Crippen molar-refractivity contribution in [2.45, 2.75) is 13.8 Å². The summed E-state index contributed by atoms with van der Waals surface area (Å²) >= 11 is 0. The van der Waals surface area contributed by atoms with Crippen LogP contribution >= 0.6 is 0 Å². The molecule has 42 heavy (non-hydrogen) atoms. The zero-order valence-electron chi connectivity index (χ0n) is 23.3. The molecule has 0 radical (unpaired) electrons. The Bertz CT molecular complexity index is 1910. The number of benzene rings is 6. The molecule has 0 N–H and O–H groups in total. The second-order valence-corrected chi connectivity index (χ2v) is 10.8. The summed E-state index contributed by atoms with van der Waals surface area (Å²) < 4.78 is 13.4. The Balaban J connectivity index is 1.46. The number of rotatable bonds is 4. The number of nitrogens with zero attached hydrogens (tertiary/aromatic N) is 2. The van der Waals surface area contributed by atoms with Crippen LogP contribution < -0.4 is 9.47 Å². The standard InChI is InChI=1S/C38H26N2O2/c1-23-13-17-27(18-14-23)37-39-31-21-30(26-11-7-4-8-12-26)36-34-32(40-38(42-36)28-19-15-24(2)16-20-28)22-29(35(41-37)33(31)34)25-9-5-3-6-10-25/h3-22H,1-2H3. The van der Waals surface area contributed by atoms with Crippen molar-refractivity contribution in [2.75, 3.05) is 0 Å². The first-order chi connectivity index (χ1) is 20.6. The minimum Gasteiger partial charge on any atom is -0.437 e. The molecular weight excluding hydrogens is 516 g/mol. The van der Waals surface area contributed by atoms with E-state index in [-0.39, 0.29) is 0 Å². The lowest BCUT2D eigenvalue weighted by Crippen LogP contribution is -2.17. The summed E-state index contributed by atoms with van der Waals surface area (Å²) in [6, 6.07) is 41.5. The van der Waals surface area contributed by atoms with Gasteiger partial charge in [-0.3, -0.25) is 0 Å². The molecule has 0 aromatic heterocycles. The molecule has 2 aliphatic rings. The molecule has 200 valence electrons. The van der Waals surface area contributed by atoms with E-state index in [0.717, 1.165) is 67.0 Å². The van der Waals surface area contributed by atoms with Gasteiger partial charge in [-0.15, -0.1) is 0 Å². The van der Waals surface area contributed by atoms with Crippen molar-refractivity contribution in [1.82, 2.24) is 0 Å². The van der Waals surface area contributed by atoms with E-state index in [1.54, 1.807) is 0 Å². The maximum atomic E-state index is 6.71. The fraction of sp³-hybridized carbons (Fsp3) is 0.0526. The van der Waals surface area contributed by atoms with Crippen LogP contribution in [-0.4, -0.2) is 11.8 Å². The molecule has 0 saturated carbocycles. The molecule has 0 amide bonds. The van der Waals surface area contributed by atoms with Gasteiger partial charge >= 0.3 is 0 Å². The molecule has 8 rings (SSSR count). The lowest BCUT2D eigenvalue weighted by atomic mass is 9.91. The molecule has 2 heterocycles. The average Bonchev–Trinajstić information content (AvgIpc) is 3.04. The van der Waals surface area contributed by atoms with E-state index >= 15 is 0 Å². The van der Waals surface area contributed by atoms with Gasteiger partial charge < -0.3 is 9.47 Å². The van der Waals surface area contributed by atoms with Gasteiger partial charge in [0.15, 0.2) is 0 Å². The second kappa shape index (κ2) is 9.57. The molecular formula is C38H26N2O2. The Kier molecular flexibility index (Phi) is 5.54. The third-order valence-corrected chi connectivity index (χ3v) is 7.88. The van der Waals surface area contributed by atoms with Crippen LogP contribution in [0.3, 0.4) is 0 Å². The maximum Gasteiger partial charge on any atom is 0.227 e. The zero-order valence-corrected chi connectivity index (χ0v) is 23.3. The Morgan fingerprint density at radius 3 is 1.19 bits per heavy atom. The Morgan fingerprint density at radius 2 is 0.810 bits per heavy atom. The van der Waals surface area contributed by atoms with Gasteiger partial charge in [0.2, 0.25) is 11.8 Å². The van der Waals surface area contributed by atoms with E-state index in [4.69, 9.17) is 19.5 Å². The highest BCUT2D eigenvalue weighted by atomic mass is 16.5. The first kappa shape index (κ1) is 24.3. The van der Waals surface area contributed by atoms with Crippen LogP contribution in [0.2, 0.25) is 0 Å². The van der Waals surface area contributed by atoms with Crippen molar-refractivity contribution in [1.29, 1.82) is 0 Å². The molecule has 0 unspecified atom stereocenters. The van der Waals surface area contributed by atoms with Gasteiger partial charge in [-0.05, 0) is 61.4 Å². The highest BCUT2D eigenvalue weighted by molar-refractivity contribution is 6.20. The average molecular weight is 543 g/mol. The van der Waals surface area contributed by atoms with E-state index in [1.165, 1.54) is 11.1 Å². The second-order valence-electron chi connectivity index (χ2n) is 10.8. The van der Waals surface area contributed by atoms with Crippen LogP contribution in [0, 0.1) is 13.8 Å². The highest BCUT2D eigenvalue weighted by Gasteiger charge is 2.31. The van der Waals surface area contributed by atoms with Gasteiger partial charge in [-0.2, -0.15) is 0 Å². The number of aliphatic imine (C=N–C) groups is 2. The zero-order chi connectivity index (χ0) is 28.2. The molecule has 4 nitrogen and oxygen atoms in total. The Hall–Kier alpha value is -5.48. The monoisotopic (exact) mass is 542 g/mol. The van der Waals surface area contributed by atoms with Crippen molar-refractivity contribution in [3.8, 4) is 33.8 Å². The van der Waals surface area contributed by atoms with Crippen molar-refractivity contribution in [3.63, 3.8) is 0 Å². The van der Waals surface area contributed by atoms with Crippen molar-refractivity contribution < 1.29 is 9.47 Å². The van der Waals surface area contributed by atoms with Crippen LogP contribution in [0.25, 0.3) is 33.0 Å². The molecule has 0 saturated heterocycles. The van der Waals surface area contributed by atoms with E-state index in [9.17, 15) is 0 Å². The van der Waals surface area contributed by atoms with E-state index in [1.807, 2.05) is 36.4 Å². The summed E-state index contributed by atoms with van der Waals surface area (Å²) in [5, 5.41) is 1.81. The number of ether oxygens (including phenoxy) is 2. The van der Waals surface area contributed by atoms with E-state index < -0.39 is 0 Å². The third-order valence-electron chi connectivity index (χ3n) is 7.88. The summed E-state index contributed by atoms with van der Waals surface area (Å²) in [5.74, 6) is 2.67. The van der Waals surface area contributed by atoms with E-state index in [2.05, 4.69) is 98.8 Å². The number of hydrogen-bond donors (Lipinski definition) is 0. The van der Waals surface area contributed by atoms with Crippen molar-refractivity contribution in [3.05, 3.63) is 144 Å².